The average molecular weight is 240 g/mol. The molecule has 0 atom stereocenters. The van der Waals surface area contributed by atoms with Crippen LogP contribution < -0.4 is 0 Å². The number of ether oxygens (including phenoxy) is 1. The van der Waals surface area contributed by atoms with Crippen LogP contribution in [-0.2, 0) is 4.74 Å². The molecule has 1 rings (SSSR count). The van der Waals surface area contributed by atoms with Gasteiger partial charge in [0.25, 0.3) is 0 Å². The topological polar surface area (TPSA) is 9.23 Å². The molecule has 0 aromatic heterocycles. The van der Waals surface area contributed by atoms with Gasteiger partial charge in [0.15, 0.2) is 0 Å². The average Bonchev–Trinajstić information content (AvgIpc) is 1.88. The Balaban J connectivity index is -0.0000000333. The summed E-state index contributed by atoms with van der Waals surface area (Å²) in [6, 6.07) is 0. The maximum atomic E-state index is 4.25. The molecule has 100 valence electrons. The van der Waals surface area contributed by atoms with Crippen LogP contribution in [0.4, 0.5) is 0 Å². The SMILES string of the molecule is C.C.C.CC1CC(C)C1.COC.CSC. The highest BCUT2D eigenvalue weighted by molar-refractivity contribution is 7.97. The van der Waals surface area contributed by atoms with E-state index in [9.17, 15) is 0 Å². The second-order valence-corrected chi connectivity index (χ2v) is 4.31. The van der Waals surface area contributed by atoms with Crippen LogP contribution in [0.1, 0.15) is 49.0 Å². The van der Waals surface area contributed by atoms with Gasteiger partial charge in [-0.2, -0.15) is 11.8 Å². The predicted molar refractivity (Wildman–Crippen MR) is 80.1 cm³/mol. The molecule has 0 saturated heterocycles. The van der Waals surface area contributed by atoms with Crippen molar-refractivity contribution in [1.82, 2.24) is 0 Å². The zero-order valence-corrected chi connectivity index (χ0v) is 10.2. The fourth-order valence-corrected chi connectivity index (χ4v) is 1.30. The molecule has 0 spiro atoms. The highest BCUT2D eigenvalue weighted by atomic mass is 32.2. The molecule has 1 fully saturated rings. The van der Waals surface area contributed by atoms with Crippen molar-refractivity contribution in [3.05, 3.63) is 0 Å². The summed E-state index contributed by atoms with van der Waals surface area (Å²) in [5.41, 5.74) is 0. The second kappa shape index (κ2) is 23.8. The monoisotopic (exact) mass is 240 g/mol. The van der Waals surface area contributed by atoms with E-state index in [1.807, 2.05) is 12.5 Å². The van der Waals surface area contributed by atoms with Crippen LogP contribution in [0.5, 0.6) is 0 Å². The van der Waals surface area contributed by atoms with Gasteiger partial charge in [-0.15, -0.1) is 0 Å². The highest BCUT2D eigenvalue weighted by Gasteiger charge is 2.19. The van der Waals surface area contributed by atoms with Crippen LogP contribution in [0.3, 0.4) is 0 Å². The molecule has 0 bridgehead atoms. The van der Waals surface area contributed by atoms with E-state index < -0.39 is 0 Å². The van der Waals surface area contributed by atoms with Crippen molar-refractivity contribution < 1.29 is 4.74 Å². The lowest BCUT2D eigenvalue weighted by molar-refractivity contribution is 0.233. The molecule has 0 amide bonds. The number of hydrogen-bond acceptors (Lipinski definition) is 2. The summed E-state index contributed by atoms with van der Waals surface area (Å²) in [6.07, 6.45) is 7.03. The minimum atomic E-state index is 0. The van der Waals surface area contributed by atoms with Gasteiger partial charge in [0, 0.05) is 14.2 Å². The highest BCUT2D eigenvalue weighted by Crippen LogP contribution is 2.31. The van der Waals surface area contributed by atoms with E-state index in [1.165, 1.54) is 12.8 Å². The van der Waals surface area contributed by atoms with Crippen molar-refractivity contribution in [3.63, 3.8) is 0 Å². The van der Waals surface area contributed by atoms with Gasteiger partial charge in [-0.25, -0.2) is 0 Å². The lowest BCUT2D eigenvalue weighted by Gasteiger charge is -2.28. The van der Waals surface area contributed by atoms with E-state index in [4.69, 9.17) is 0 Å². The van der Waals surface area contributed by atoms with Crippen LogP contribution >= 0.6 is 11.8 Å². The Kier molecular flexibility index (Phi) is 46.9. The van der Waals surface area contributed by atoms with Gasteiger partial charge in [0.2, 0.25) is 0 Å². The van der Waals surface area contributed by atoms with Crippen LogP contribution in [0.25, 0.3) is 0 Å². The van der Waals surface area contributed by atoms with Crippen LogP contribution in [0.15, 0.2) is 0 Å². The fraction of sp³-hybridized carbons (Fsp3) is 1.00. The van der Waals surface area contributed by atoms with Crippen molar-refractivity contribution in [2.45, 2.75) is 49.0 Å². The first-order valence-electron chi connectivity index (χ1n) is 4.42. The number of thioether (sulfide) groups is 1. The zero-order chi connectivity index (χ0) is 9.98. The zero-order valence-electron chi connectivity index (χ0n) is 9.39. The third kappa shape index (κ3) is 31.4. The second-order valence-electron chi connectivity index (χ2n) is 3.50. The fourth-order valence-electron chi connectivity index (χ4n) is 1.30. The van der Waals surface area contributed by atoms with Crippen molar-refractivity contribution in [3.8, 4) is 0 Å². The van der Waals surface area contributed by atoms with Gasteiger partial charge < -0.3 is 4.74 Å². The molecule has 0 aromatic carbocycles. The lowest BCUT2D eigenvalue weighted by atomic mass is 9.78. The van der Waals surface area contributed by atoms with E-state index in [2.05, 4.69) is 18.6 Å². The molecule has 0 N–H and O–H groups in total. The van der Waals surface area contributed by atoms with Gasteiger partial charge in [-0.3, -0.25) is 0 Å². The van der Waals surface area contributed by atoms with E-state index in [0.29, 0.717) is 0 Å². The summed E-state index contributed by atoms with van der Waals surface area (Å²) < 4.78 is 4.25. The standard InChI is InChI=1S/C6H12.C2H6O.C2H6S.3CH4/c1-5-3-6(2)4-5;2*1-3-2;;;/h5-6H,3-4H2,1-2H3;2*1-2H3;3*1H4. The van der Waals surface area contributed by atoms with E-state index in [1.54, 1.807) is 26.0 Å². The molecule has 0 unspecified atom stereocenters. The Morgan fingerprint density at radius 2 is 1.00 bits per heavy atom. The smallest absolute Gasteiger partial charge is 0.0351 e. The van der Waals surface area contributed by atoms with Crippen molar-refractivity contribution >= 4 is 11.8 Å². The minimum absolute atomic E-state index is 0. The van der Waals surface area contributed by atoms with Crippen LogP contribution in [-0.4, -0.2) is 26.7 Å². The Labute approximate surface area is 104 Å². The molecule has 1 nitrogen and oxygen atoms in total. The van der Waals surface area contributed by atoms with Crippen LogP contribution in [0.2, 0.25) is 0 Å². The summed E-state index contributed by atoms with van der Waals surface area (Å²) in [6.45, 7) is 4.64. The summed E-state index contributed by atoms with van der Waals surface area (Å²) in [5, 5.41) is 0. The first-order chi connectivity index (χ1) is 5.62. The number of methoxy groups -OCH3 is 1. The van der Waals surface area contributed by atoms with Gasteiger partial charge in [0.05, 0.1) is 0 Å². The normalized spacial score (nSPS) is 20.4. The summed E-state index contributed by atoms with van der Waals surface area (Å²) in [5.74, 6) is 2.08. The molecule has 1 aliphatic rings. The Hall–Kier alpha value is 0.310. The molecule has 2 heteroatoms. The molecule has 0 aromatic rings. The lowest BCUT2D eigenvalue weighted by Crippen LogP contribution is -2.16. The largest absolute Gasteiger partial charge is 0.388 e. The van der Waals surface area contributed by atoms with Gasteiger partial charge >= 0.3 is 0 Å². The van der Waals surface area contributed by atoms with Gasteiger partial charge in [-0.1, -0.05) is 36.1 Å². The molecule has 15 heavy (non-hydrogen) atoms. The molecule has 1 saturated carbocycles. The molecular formula is C13H36OS. The first-order valence-corrected chi connectivity index (χ1v) is 6.05. The summed E-state index contributed by atoms with van der Waals surface area (Å²) >= 11 is 1.75. The van der Waals surface area contributed by atoms with Crippen molar-refractivity contribution in [2.75, 3.05) is 26.7 Å². The summed E-state index contributed by atoms with van der Waals surface area (Å²) in [4.78, 5) is 0. The molecular weight excluding hydrogens is 204 g/mol. The van der Waals surface area contributed by atoms with E-state index in [-0.39, 0.29) is 22.3 Å². The van der Waals surface area contributed by atoms with Crippen molar-refractivity contribution in [1.29, 1.82) is 0 Å². The third-order valence-corrected chi connectivity index (χ3v) is 1.61. The van der Waals surface area contributed by atoms with E-state index >= 15 is 0 Å². The third-order valence-electron chi connectivity index (χ3n) is 1.61. The maximum absolute atomic E-state index is 4.25. The Bertz CT molecular complexity index is 62.9. The number of rotatable bonds is 0. The quantitative estimate of drug-likeness (QED) is 0.575. The van der Waals surface area contributed by atoms with Gasteiger partial charge in [0.1, 0.15) is 0 Å². The molecule has 0 aliphatic heterocycles. The number of hydrogen-bond donors (Lipinski definition) is 0. The van der Waals surface area contributed by atoms with Gasteiger partial charge in [-0.05, 0) is 37.2 Å². The summed E-state index contributed by atoms with van der Waals surface area (Å²) in [7, 11) is 3.25. The molecule has 0 heterocycles. The minimum Gasteiger partial charge on any atom is -0.388 e. The maximum Gasteiger partial charge on any atom is 0.0351 e. The Morgan fingerprint density at radius 3 is 1.00 bits per heavy atom. The molecule has 0 radical (unpaired) electrons. The van der Waals surface area contributed by atoms with Crippen molar-refractivity contribution in [2.24, 2.45) is 11.8 Å². The predicted octanol–water partition coefficient (Wildman–Crippen LogP) is 5.20. The Morgan fingerprint density at radius 1 is 0.867 bits per heavy atom. The van der Waals surface area contributed by atoms with E-state index in [0.717, 1.165) is 11.8 Å². The first kappa shape index (κ1) is 29.5. The van der Waals surface area contributed by atoms with Crippen LogP contribution in [0, 0.1) is 11.8 Å². The molecule has 1 aliphatic carbocycles.